The van der Waals surface area contributed by atoms with Crippen LogP contribution in [0.1, 0.15) is 0 Å². The number of piperazine rings is 1. The lowest BCUT2D eigenvalue weighted by atomic mass is 10.1. The van der Waals surface area contributed by atoms with Gasteiger partial charge in [0.2, 0.25) is 5.91 Å². The first-order valence-corrected chi connectivity index (χ1v) is 12.1. The zero-order chi connectivity index (χ0) is 22.2. The normalized spacial score (nSPS) is 21.5. The van der Waals surface area contributed by atoms with Crippen LogP contribution in [0.15, 0.2) is 24.3 Å². The Bertz CT molecular complexity index is 1130. The number of hydrogen-bond acceptors (Lipinski definition) is 7. The second kappa shape index (κ2) is 8.39. The van der Waals surface area contributed by atoms with Gasteiger partial charge in [0.1, 0.15) is 11.9 Å². The summed E-state index contributed by atoms with van der Waals surface area (Å²) in [5, 5.41) is 6.58. The molecule has 4 N–H and O–H groups in total. The maximum Gasteiger partial charge on any atom is 0.318 e. The quantitative estimate of drug-likeness (QED) is 0.575. The molecule has 0 bridgehead atoms. The van der Waals surface area contributed by atoms with Crippen LogP contribution in [-0.4, -0.2) is 80.5 Å². The molecule has 0 saturated carbocycles. The highest BCUT2D eigenvalue weighted by atomic mass is 35.5. The Kier molecular flexibility index (Phi) is 5.80. The van der Waals surface area contributed by atoms with E-state index in [1.165, 1.54) is 0 Å². The van der Waals surface area contributed by atoms with Gasteiger partial charge in [-0.15, -0.1) is 0 Å². The fraction of sp³-hybridized carbons (Fsp3) is 0.421. The number of carbonyl (C=O) groups excluding carboxylic acids is 2. The van der Waals surface area contributed by atoms with Crippen molar-refractivity contribution in [3.63, 3.8) is 0 Å². The van der Waals surface area contributed by atoms with E-state index in [-0.39, 0.29) is 12.3 Å². The summed E-state index contributed by atoms with van der Waals surface area (Å²) in [5.74, 6) is -0.621. The number of halogens is 1. The molecule has 166 valence electrons. The molecular weight excluding hydrogens is 444 g/mol. The van der Waals surface area contributed by atoms with Crippen LogP contribution in [0.3, 0.4) is 0 Å². The molecule has 2 fully saturated rings. The van der Waals surface area contributed by atoms with E-state index >= 15 is 0 Å². The molecule has 10 nitrogen and oxygen atoms in total. The molecule has 1 unspecified atom stereocenters. The van der Waals surface area contributed by atoms with Crippen LogP contribution in [0.25, 0.3) is 10.9 Å². The van der Waals surface area contributed by atoms with Gasteiger partial charge in [0, 0.05) is 54.9 Å². The van der Waals surface area contributed by atoms with Crippen molar-refractivity contribution in [2.75, 3.05) is 54.9 Å². The van der Waals surface area contributed by atoms with Crippen molar-refractivity contribution in [3.05, 3.63) is 29.3 Å². The first kappa shape index (κ1) is 21.4. The van der Waals surface area contributed by atoms with E-state index in [0.29, 0.717) is 42.5 Å². The summed E-state index contributed by atoms with van der Waals surface area (Å²) in [6.45, 7) is 1.96. The second-order valence-corrected chi connectivity index (χ2v) is 10.3. The van der Waals surface area contributed by atoms with E-state index in [0.717, 1.165) is 11.1 Å². The van der Waals surface area contributed by atoms with E-state index < -0.39 is 33.6 Å². The van der Waals surface area contributed by atoms with Crippen LogP contribution in [0.4, 0.5) is 16.3 Å². The molecule has 0 radical (unpaired) electrons. The number of carbonyl (C=O) groups is 2. The smallest absolute Gasteiger partial charge is 0.318 e. The van der Waals surface area contributed by atoms with Crippen molar-refractivity contribution in [1.82, 2.24) is 20.5 Å². The van der Waals surface area contributed by atoms with Gasteiger partial charge in [0.25, 0.3) is 0 Å². The lowest BCUT2D eigenvalue weighted by Gasteiger charge is -2.37. The number of amides is 3. The summed E-state index contributed by atoms with van der Waals surface area (Å²) in [6.07, 6.45) is 0. The molecule has 31 heavy (non-hydrogen) atoms. The number of nitrogens with one attached hydrogen (secondary N) is 2. The van der Waals surface area contributed by atoms with Crippen molar-refractivity contribution < 1.29 is 18.0 Å². The topological polar surface area (TPSA) is 138 Å². The highest BCUT2D eigenvalue weighted by molar-refractivity contribution is 7.91. The molecular formula is C19H23ClN6O4S. The molecule has 1 atom stereocenters. The number of hydrogen-bond donors (Lipinski definition) is 3. The lowest BCUT2D eigenvalue weighted by molar-refractivity contribution is -0.122. The predicted molar refractivity (Wildman–Crippen MR) is 119 cm³/mol. The molecule has 2 aliphatic rings. The number of nitrogens with zero attached hydrogens (tertiary/aromatic N) is 3. The first-order chi connectivity index (χ1) is 14.7. The third-order valence-corrected chi connectivity index (χ3v) is 7.33. The minimum atomic E-state index is -3.40. The number of fused-ring (bicyclic) bond motifs is 1. The Morgan fingerprint density at radius 1 is 1.23 bits per heavy atom. The second-order valence-electron chi connectivity index (χ2n) is 7.61. The average Bonchev–Trinajstić information content (AvgIpc) is 2.84. The standard InChI is InChI=1S/C19H23ClN6O4S/c20-12-1-2-13-14(9-12)23-17(21)10-16(13)25-4-6-26(7-5-25)19(28)24-15-11-31(29,30)8-3-22-18(15)27/h1-2,9-10,15H,3-8,11H2,(H2,21,23)(H,22,27)(H,24,28). The van der Waals surface area contributed by atoms with Crippen LogP contribution in [0.2, 0.25) is 5.02 Å². The Morgan fingerprint density at radius 2 is 1.97 bits per heavy atom. The molecule has 12 heteroatoms. The fourth-order valence-corrected chi connectivity index (χ4v) is 5.32. The van der Waals surface area contributed by atoms with Gasteiger partial charge in [-0.2, -0.15) is 0 Å². The largest absolute Gasteiger partial charge is 0.384 e. The predicted octanol–water partition coefficient (Wildman–Crippen LogP) is 0.215. The Morgan fingerprint density at radius 3 is 2.71 bits per heavy atom. The zero-order valence-electron chi connectivity index (χ0n) is 16.7. The van der Waals surface area contributed by atoms with Crippen molar-refractivity contribution in [2.45, 2.75) is 6.04 Å². The van der Waals surface area contributed by atoms with E-state index in [1.54, 1.807) is 23.1 Å². The Balaban J connectivity index is 1.44. The third kappa shape index (κ3) is 4.77. The minimum absolute atomic E-state index is 0.0560. The number of benzene rings is 1. The number of nitrogens with two attached hydrogens (primary N) is 1. The van der Waals surface area contributed by atoms with Crippen LogP contribution >= 0.6 is 11.6 Å². The molecule has 4 rings (SSSR count). The van der Waals surface area contributed by atoms with Gasteiger partial charge >= 0.3 is 6.03 Å². The summed E-state index contributed by atoms with van der Waals surface area (Å²) in [5.41, 5.74) is 7.57. The van der Waals surface area contributed by atoms with E-state index in [2.05, 4.69) is 20.5 Å². The van der Waals surface area contributed by atoms with Gasteiger partial charge in [0.15, 0.2) is 9.84 Å². The number of anilines is 2. The molecule has 3 amide bonds. The Hall–Kier alpha value is -2.79. The summed E-state index contributed by atoms with van der Waals surface area (Å²) in [7, 11) is -3.40. The van der Waals surface area contributed by atoms with Crippen LogP contribution < -0.4 is 21.3 Å². The van der Waals surface area contributed by atoms with Gasteiger partial charge in [-0.05, 0) is 18.2 Å². The van der Waals surface area contributed by atoms with Crippen LogP contribution in [0.5, 0.6) is 0 Å². The van der Waals surface area contributed by atoms with Crippen LogP contribution in [-0.2, 0) is 14.6 Å². The summed E-state index contributed by atoms with van der Waals surface area (Å²) >= 11 is 6.07. The van der Waals surface area contributed by atoms with Gasteiger partial charge in [-0.1, -0.05) is 11.6 Å². The number of aromatic nitrogens is 1. The van der Waals surface area contributed by atoms with Crippen molar-refractivity contribution in [1.29, 1.82) is 0 Å². The van der Waals surface area contributed by atoms with Gasteiger partial charge < -0.3 is 26.2 Å². The van der Waals surface area contributed by atoms with Crippen molar-refractivity contribution in [2.24, 2.45) is 0 Å². The number of urea groups is 1. The maximum absolute atomic E-state index is 12.7. The summed E-state index contributed by atoms with van der Waals surface area (Å²) in [4.78, 5) is 32.8. The van der Waals surface area contributed by atoms with Crippen molar-refractivity contribution >= 4 is 55.8 Å². The molecule has 2 saturated heterocycles. The van der Waals surface area contributed by atoms with Crippen molar-refractivity contribution in [3.8, 4) is 0 Å². The van der Waals surface area contributed by atoms with E-state index in [4.69, 9.17) is 17.3 Å². The molecule has 1 aromatic heterocycles. The maximum atomic E-state index is 12.7. The SMILES string of the molecule is Nc1cc(N2CCN(C(=O)NC3CS(=O)(=O)CCNC3=O)CC2)c2ccc(Cl)cc2n1. The summed E-state index contributed by atoms with van der Waals surface area (Å²) < 4.78 is 23.9. The number of rotatable bonds is 2. The van der Waals surface area contributed by atoms with E-state index in [9.17, 15) is 18.0 Å². The molecule has 2 aliphatic heterocycles. The molecule has 2 aromatic rings. The number of pyridine rings is 1. The van der Waals surface area contributed by atoms with Gasteiger partial charge in [-0.25, -0.2) is 18.2 Å². The first-order valence-electron chi connectivity index (χ1n) is 9.86. The number of sulfone groups is 1. The van der Waals surface area contributed by atoms with Gasteiger partial charge in [0.05, 0.1) is 17.0 Å². The Labute approximate surface area is 184 Å². The average molecular weight is 467 g/mol. The van der Waals surface area contributed by atoms with E-state index in [1.807, 2.05) is 6.07 Å². The molecule has 0 spiro atoms. The minimum Gasteiger partial charge on any atom is -0.384 e. The highest BCUT2D eigenvalue weighted by Gasteiger charge is 2.32. The van der Waals surface area contributed by atoms with Crippen LogP contribution in [0, 0.1) is 0 Å². The fourth-order valence-electron chi connectivity index (χ4n) is 3.83. The third-order valence-electron chi connectivity index (χ3n) is 5.42. The van der Waals surface area contributed by atoms with Gasteiger partial charge in [-0.3, -0.25) is 4.79 Å². The zero-order valence-corrected chi connectivity index (χ0v) is 18.2. The molecule has 0 aliphatic carbocycles. The summed E-state index contributed by atoms with van der Waals surface area (Å²) in [6, 6.07) is 5.69. The molecule has 3 heterocycles. The lowest BCUT2D eigenvalue weighted by Crippen LogP contribution is -2.56. The number of nitrogen functional groups attached to an aromatic ring is 1. The monoisotopic (exact) mass is 466 g/mol. The highest BCUT2D eigenvalue weighted by Crippen LogP contribution is 2.30. The molecule has 1 aromatic carbocycles.